The number of likely N-dealkylation sites (tertiary alicyclic amines) is 1. The van der Waals surface area contributed by atoms with Gasteiger partial charge >= 0.3 is 0 Å². The molecule has 0 unspecified atom stereocenters. The Labute approximate surface area is 155 Å². The maximum absolute atomic E-state index is 13.1. The number of hydrogen-bond acceptors (Lipinski definition) is 5. The first kappa shape index (κ1) is 19.3. The zero-order valence-electron chi connectivity index (χ0n) is 15.3. The van der Waals surface area contributed by atoms with Crippen LogP contribution in [0, 0.1) is 0 Å². The molecule has 0 radical (unpaired) electrons. The first-order chi connectivity index (χ1) is 12.4. The molecule has 2 aliphatic heterocycles. The van der Waals surface area contributed by atoms with Gasteiger partial charge < -0.3 is 15.0 Å². The Morgan fingerprint density at radius 3 is 2.65 bits per heavy atom. The Hall–Kier alpha value is -1.48. The quantitative estimate of drug-likeness (QED) is 0.811. The molecule has 1 aromatic rings. The molecule has 26 heavy (non-hydrogen) atoms. The van der Waals surface area contributed by atoms with Crippen LogP contribution in [-0.4, -0.2) is 75.5 Å². The van der Waals surface area contributed by atoms with Crippen molar-refractivity contribution in [2.24, 2.45) is 0 Å². The predicted octanol–water partition coefficient (Wildman–Crippen LogP) is 0.671. The van der Waals surface area contributed by atoms with Gasteiger partial charge in [0.05, 0.1) is 24.5 Å². The second-order valence-corrected chi connectivity index (χ2v) is 8.72. The lowest BCUT2D eigenvalue weighted by Crippen LogP contribution is -2.61. The van der Waals surface area contributed by atoms with E-state index in [-0.39, 0.29) is 23.8 Å². The van der Waals surface area contributed by atoms with E-state index in [0.29, 0.717) is 24.3 Å². The molecule has 0 aromatic heterocycles. The number of rotatable bonds is 5. The second kappa shape index (κ2) is 8.04. The van der Waals surface area contributed by atoms with Crippen LogP contribution < -0.4 is 5.32 Å². The highest BCUT2D eigenvalue weighted by Gasteiger charge is 2.41. The van der Waals surface area contributed by atoms with Gasteiger partial charge in [0.15, 0.2) is 0 Å². The number of benzene rings is 1. The van der Waals surface area contributed by atoms with Crippen molar-refractivity contribution in [3.8, 4) is 0 Å². The van der Waals surface area contributed by atoms with Crippen molar-refractivity contribution in [1.82, 2.24) is 14.5 Å². The Morgan fingerprint density at radius 1 is 1.27 bits per heavy atom. The summed E-state index contributed by atoms with van der Waals surface area (Å²) in [5, 5.41) is 2.56. The Kier molecular flexibility index (Phi) is 5.96. The lowest BCUT2D eigenvalue weighted by molar-refractivity contribution is -0.0749. The summed E-state index contributed by atoms with van der Waals surface area (Å²) in [6.07, 6.45) is 0.850. The second-order valence-electron chi connectivity index (χ2n) is 6.80. The van der Waals surface area contributed by atoms with Crippen LogP contribution in [0.25, 0.3) is 0 Å². The lowest BCUT2D eigenvalue weighted by atomic mass is 10.0. The van der Waals surface area contributed by atoms with E-state index in [2.05, 4.69) is 17.1 Å². The van der Waals surface area contributed by atoms with Crippen molar-refractivity contribution < 1.29 is 17.9 Å². The van der Waals surface area contributed by atoms with Gasteiger partial charge in [-0.1, -0.05) is 19.1 Å². The zero-order chi connectivity index (χ0) is 18.7. The summed E-state index contributed by atoms with van der Waals surface area (Å²) < 4.78 is 33.6. The van der Waals surface area contributed by atoms with Crippen molar-refractivity contribution in [3.63, 3.8) is 0 Å². The van der Waals surface area contributed by atoms with Crippen LogP contribution in [0.4, 0.5) is 0 Å². The van der Waals surface area contributed by atoms with Crippen molar-refractivity contribution in [1.29, 1.82) is 0 Å². The monoisotopic (exact) mass is 381 g/mol. The van der Waals surface area contributed by atoms with Crippen LogP contribution in [-0.2, 0) is 20.5 Å². The first-order valence-electron chi connectivity index (χ1n) is 9.09. The van der Waals surface area contributed by atoms with Crippen LogP contribution in [0.2, 0.25) is 0 Å². The summed E-state index contributed by atoms with van der Waals surface area (Å²) in [6, 6.07) is 6.61. The molecular formula is C18H27N3O4S. The highest BCUT2D eigenvalue weighted by molar-refractivity contribution is 7.88. The molecule has 1 N–H and O–H groups in total. The molecule has 1 aromatic carbocycles. The third-order valence-corrected chi connectivity index (χ3v) is 7.08. The number of likely N-dealkylation sites (N-methyl/N-ethyl adjacent to an activating group) is 1. The summed E-state index contributed by atoms with van der Waals surface area (Å²) >= 11 is 0. The number of amides is 1. The maximum Gasteiger partial charge on any atom is 0.251 e. The van der Waals surface area contributed by atoms with Gasteiger partial charge in [0.2, 0.25) is 10.0 Å². The minimum atomic E-state index is -3.45. The van der Waals surface area contributed by atoms with Crippen LogP contribution in [0.15, 0.2) is 24.3 Å². The molecule has 2 atom stereocenters. The molecule has 144 valence electrons. The molecule has 0 bridgehead atoms. The van der Waals surface area contributed by atoms with E-state index in [1.54, 1.807) is 35.6 Å². The van der Waals surface area contributed by atoms with Gasteiger partial charge in [-0.3, -0.25) is 4.79 Å². The number of sulfonamides is 1. The Morgan fingerprint density at radius 2 is 2.00 bits per heavy atom. The molecule has 2 fully saturated rings. The lowest BCUT2D eigenvalue weighted by Gasteiger charge is -2.46. The normalized spacial score (nSPS) is 24.8. The topological polar surface area (TPSA) is 79.0 Å². The zero-order valence-corrected chi connectivity index (χ0v) is 16.2. The molecule has 0 saturated carbocycles. The molecule has 7 nitrogen and oxygen atoms in total. The van der Waals surface area contributed by atoms with E-state index in [1.807, 2.05) is 0 Å². The number of carbonyl (C=O) groups excluding carboxylic acids is 1. The molecule has 3 rings (SSSR count). The fraction of sp³-hybridized carbons (Fsp3) is 0.611. The van der Waals surface area contributed by atoms with Gasteiger partial charge in [-0.25, -0.2) is 8.42 Å². The number of piperidine rings is 1. The molecule has 0 aliphatic carbocycles. The minimum absolute atomic E-state index is 0.0167. The van der Waals surface area contributed by atoms with Gasteiger partial charge in [0.1, 0.15) is 0 Å². The van der Waals surface area contributed by atoms with Crippen LogP contribution in [0.5, 0.6) is 0 Å². The highest BCUT2D eigenvalue weighted by atomic mass is 32.2. The van der Waals surface area contributed by atoms with Crippen molar-refractivity contribution in [2.75, 3.05) is 39.8 Å². The number of ether oxygens (including phenoxy) is 1. The van der Waals surface area contributed by atoms with E-state index >= 15 is 0 Å². The Bertz CT molecular complexity index is 735. The van der Waals surface area contributed by atoms with E-state index in [9.17, 15) is 13.2 Å². The fourth-order valence-electron chi connectivity index (χ4n) is 3.73. The van der Waals surface area contributed by atoms with E-state index < -0.39 is 10.0 Å². The molecule has 8 heteroatoms. The third-order valence-electron chi connectivity index (χ3n) is 5.21. The van der Waals surface area contributed by atoms with Crippen molar-refractivity contribution >= 4 is 15.9 Å². The molecule has 2 saturated heterocycles. The maximum atomic E-state index is 13.1. The number of carbonyl (C=O) groups is 1. The first-order valence-corrected chi connectivity index (χ1v) is 10.7. The summed E-state index contributed by atoms with van der Waals surface area (Å²) in [5.41, 5.74) is 1.20. The number of nitrogens with zero attached hydrogens (tertiary/aromatic N) is 2. The SMILES string of the molecule is CCN1CC[C@H]2OCCN(S(=O)(=O)Cc3ccc(C(=O)NC)cc3)[C@H]2C1. The van der Waals surface area contributed by atoms with Crippen LogP contribution in [0.3, 0.4) is 0 Å². The van der Waals surface area contributed by atoms with Crippen LogP contribution in [0.1, 0.15) is 29.3 Å². The highest BCUT2D eigenvalue weighted by Crippen LogP contribution is 2.26. The van der Waals surface area contributed by atoms with Gasteiger partial charge in [-0.2, -0.15) is 4.31 Å². The molecule has 2 heterocycles. The van der Waals surface area contributed by atoms with Crippen molar-refractivity contribution in [2.45, 2.75) is 31.2 Å². The average Bonchev–Trinajstić information content (AvgIpc) is 2.66. The number of fused-ring (bicyclic) bond motifs is 1. The van der Waals surface area contributed by atoms with E-state index in [1.165, 1.54) is 0 Å². The molecule has 2 aliphatic rings. The number of nitrogens with one attached hydrogen (secondary N) is 1. The van der Waals surface area contributed by atoms with Crippen LogP contribution >= 0.6 is 0 Å². The average molecular weight is 381 g/mol. The fourth-order valence-corrected chi connectivity index (χ4v) is 5.48. The van der Waals surface area contributed by atoms with Gasteiger partial charge in [0.25, 0.3) is 5.91 Å². The third kappa shape index (κ3) is 4.09. The summed E-state index contributed by atoms with van der Waals surface area (Å²) in [6.45, 7) is 5.52. The summed E-state index contributed by atoms with van der Waals surface area (Å²) in [7, 11) is -1.88. The summed E-state index contributed by atoms with van der Waals surface area (Å²) in [4.78, 5) is 13.9. The van der Waals surface area contributed by atoms with E-state index in [0.717, 1.165) is 26.1 Å². The molecular weight excluding hydrogens is 354 g/mol. The molecule has 1 amide bonds. The number of hydrogen-bond donors (Lipinski definition) is 1. The van der Waals surface area contributed by atoms with E-state index in [4.69, 9.17) is 4.74 Å². The van der Waals surface area contributed by atoms with Gasteiger partial charge in [-0.05, 0) is 30.7 Å². The smallest absolute Gasteiger partial charge is 0.251 e. The standard InChI is InChI=1S/C18H27N3O4S/c1-3-20-9-8-17-16(12-20)21(10-11-25-17)26(23,24)13-14-4-6-15(7-5-14)18(22)19-2/h4-7,16-17H,3,8-13H2,1-2H3,(H,19,22)/t16-,17+/m0/s1. The van der Waals surface area contributed by atoms with Gasteiger partial charge in [-0.15, -0.1) is 0 Å². The minimum Gasteiger partial charge on any atom is -0.375 e. The predicted molar refractivity (Wildman–Crippen MR) is 99.4 cm³/mol. The Balaban J connectivity index is 1.75. The number of morpholine rings is 1. The summed E-state index contributed by atoms with van der Waals surface area (Å²) in [5.74, 6) is -0.242. The largest absolute Gasteiger partial charge is 0.375 e. The van der Waals surface area contributed by atoms with Gasteiger partial charge in [0, 0.05) is 32.2 Å². The molecule has 0 spiro atoms. The van der Waals surface area contributed by atoms with Crippen molar-refractivity contribution in [3.05, 3.63) is 35.4 Å².